The fraction of sp³-hybridized carbons (Fsp3) is 0.792. The summed E-state index contributed by atoms with van der Waals surface area (Å²) in [6.07, 6.45) is 4.65. The number of aliphatic carboxylic acids is 1. The van der Waals surface area contributed by atoms with E-state index in [0.717, 1.165) is 18.4 Å². The first-order valence-electron chi connectivity index (χ1n) is 11.5. The molecule has 4 fully saturated rings. The average Bonchev–Trinajstić information content (AvgIpc) is 3.47. The molecule has 0 amide bonds. The lowest BCUT2D eigenvalue weighted by molar-refractivity contribution is -0.163. The minimum atomic E-state index is -1.12. The predicted octanol–water partition coefficient (Wildman–Crippen LogP) is 2.50. The molecule has 0 aromatic heterocycles. The van der Waals surface area contributed by atoms with E-state index in [-0.39, 0.29) is 65.9 Å². The highest BCUT2D eigenvalue weighted by Gasteiger charge is 2.77. The molecule has 0 aromatic rings. The number of hydrogen-bond acceptors (Lipinski definition) is 6. The Balaban J connectivity index is 1.58. The van der Waals surface area contributed by atoms with Gasteiger partial charge in [-0.1, -0.05) is 19.4 Å². The molecule has 9 atom stereocenters. The summed E-state index contributed by atoms with van der Waals surface area (Å²) in [5, 5.41) is 20.9. The maximum Gasteiger partial charge on any atom is 0.309 e. The monoisotopic (exact) mass is 432 g/mol. The number of carboxylic acids is 1. The van der Waals surface area contributed by atoms with Crippen LogP contribution in [0.2, 0.25) is 0 Å². The number of allylic oxidation sites excluding steroid dienone is 1. The number of carboxylic acid groups (broad SMARTS) is 1. The number of epoxide rings is 1. The highest BCUT2D eigenvalue weighted by Crippen LogP contribution is 2.74. The third-order valence-corrected chi connectivity index (χ3v) is 9.85. The lowest BCUT2D eigenvalue weighted by Gasteiger charge is -2.58. The molecule has 4 aliphatic carbocycles. The molecule has 0 spiro atoms. The fourth-order valence-corrected chi connectivity index (χ4v) is 8.16. The number of rotatable bonds is 4. The largest absolute Gasteiger partial charge is 0.481 e. The normalized spacial score (nSPS) is 49.8. The number of methoxy groups -OCH3 is 1. The number of esters is 1. The van der Waals surface area contributed by atoms with E-state index in [0.29, 0.717) is 19.3 Å². The van der Waals surface area contributed by atoms with Gasteiger partial charge < -0.3 is 19.7 Å². The van der Waals surface area contributed by atoms with Gasteiger partial charge in [0, 0.05) is 24.2 Å². The van der Waals surface area contributed by atoms with Gasteiger partial charge in [0.1, 0.15) is 0 Å². The maximum absolute atomic E-state index is 13.0. The molecule has 31 heavy (non-hydrogen) atoms. The number of hydrogen-bond donors (Lipinski definition) is 2. The second-order valence-corrected chi connectivity index (χ2v) is 10.9. The van der Waals surface area contributed by atoms with Gasteiger partial charge in [0.15, 0.2) is 5.78 Å². The molecular weight excluding hydrogens is 400 g/mol. The number of ketones is 1. The molecule has 5 rings (SSSR count). The van der Waals surface area contributed by atoms with Crippen LogP contribution in [0.1, 0.15) is 58.8 Å². The Bertz CT molecular complexity index is 879. The highest BCUT2D eigenvalue weighted by molar-refractivity contribution is 5.92. The van der Waals surface area contributed by atoms with Gasteiger partial charge in [-0.2, -0.15) is 0 Å². The number of ether oxygens (including phenoxy) is 2. The maximum atomic E-state index is 13.0. The molecule has 1 aliphatic heterocycles. The third-order valence-electron chi connectivity index (χ3n) is 9.85. The minimum absolute atomic E-state index is 0.0181. The number of fused-ring (bicyclic) bond motifs is 8. The van der Waals surface area contributed by atoms with Crippen LogP contribution in [0.25, 0.3) is 0 Å². The Morgan fingerprint density at radius 3 is 2.71 bits per heavy atom. The van der Waals surface area contributed by atoms with Crippen LogP contribution in [-0.4, -0.2) is 52.9 Å². The third kappa shape index (κ3) is 2.68. The summed E-state index contributed by atoms with van der Waals surface area (Å²) in [5.74, 6) is -1.32. The molecular formula is C24H32O7. The zero-order valence-corrected chi connectivity index (χ0v) is 18.4. The van der Waals surface area contributed by atoms with E-state index in [1.54, 1.807) is 6.08 Å². The molecule has 2 N–H and O–H groups in total. The Hall–Kier alpha value is -1.73. The molecule has 7 heteroatoms. The van der Waals surface area contributed by atoms with E-state index in [1.165, 1.54) is 7.11 Å². The molecule has 1 heterocycles. The van der Waals surface area contributed by atoms with Crippen molar-refractivity contribution in [2.45, 2.75) is 76.6 Å². The van der Waals surface area contributed by atoms with Gasteiger partial charge in [0.2, 0.25) is 0 Å². The quantitative estimate of drug-likeness (QED) is 0.518. The van der Waals surface area contributed by atoms with Crippen molar-refractivity contribution >= 4 is 17.7 Å². The van der Waals surface area contributed by atoms with E-state index >= 15 is 0 Å². The van der Waals surface area contributed by atoms with Gasteiger partial charge in [0.25, 0.3) is 0 Å². The summed E-state index contributed by atoms with van der Waals surface area (Å²) >= 11 is 0. The van der Waals surface area contributed by atoms with E-state index in [1.807, 2.05) is 6.92 Å². The van der Waals surface area contributed by atoms with Crippen molar-refractivity contribution in [1.82, 2.24) is 0 Å². The Kier molecular flexibility index (Phi) is 4.53. The van der Waals surface area contributed by atoms with Crippen molar-refractivity contribution in [3.8, 4) is 0 Å². The second kappa shape index (κ2) is 6.64. The van der Waals surface area contributed by atoms with Crippen LogP contribution >= 0.6 is 0 Å². The molecule has 3 saturated carbocycles. The first-order chi connectivity index (χ1) is 14.6. The van der Waals surface area contributed by atoms with Gasteiger partial charge in [0.05, 0.1) is 30.8 Å². The summed E-state index contributed by atoms with van der Waals surface area (Å²) in [6.45, 7) is 4.25. The Labute approximate surface area is 182 Å². The minimum Gasteiger partial charge on any atom is -0.481 e. The van der Waals surface area contributed by atoms with Crippen LogP contribution in [0.3, 0.4) is 0 Å². The number of carbonyl (C=O) groups excluding carboxylic acids is 2. The average molecular weight is 433 g/mol. The molecule has 0 unspecified atom stereocenters. The van der Waals surface area contributed by atoms with Gasteiger partial charge >= 0.3 is 11.9 Å². The summed E-state index contributed by atoms with van der Waals surface area (Å²) in [5.41, 5.74) is -0.882. The summed E-state index contributed by atoms with van der Waals surface area (Å²) in [7, 11) is 1.40. The molecule has 7 nitrogen and oxygen atoms in total. The van der Waals surface area contributed by atoms with Crippen LogP contribution in [0.15, 0.2) is 11.6 Å². The first kappa shape index (κ1) is 21.1. The first-order valence-corrected chi connectivity index (χ1v) is 11.5. The Morgan fingerprint density at radius 1 is 1.29 bits per heavy atom. The van der Waals surface area contributed by atoms with Crippen LogP contribution in [0.4, 0.5) is 0 Å². The van der Waals surface area contributed by atoms with Crippen molar-refractivity contribution in [2.24, 2.45) is 34.5 Å². The Morgan fingerprint density at radius 2 is 2.03 bits per heavy atom. The van der Waals surface area contributed by atoms with E-state index in [9.17, 15) is 24.6 Å². The van der Waals surface area contributed by atoms with Gasteiger partial charge in [-0.05, 0) is 55.4 Å². The van der Waals surface area contributed by atoms with Crippen LogP contribution in [-0.2, 0) is 23.9 Å². The lowest BCUT2D eigenvalue weighted by atomic mass is 9.44. The van der Waals surface area contributed by atoms with Crippen molar-refractivity contribution < 1.29 is 34.1 Å². The number of carbonyl (C=O) groups is 3. The standard InChI is InChI=1S/C24H32O7/c1-22-7-4-13(25)10-12(22)11-14(21(28)30-3)17-15-5-8-24(29,9-6-16(26)27)23(15,2)20-19(31-20)18(17)22/h10,14-15,17-20,29H,4-9,11H2,1-3H3,(H,26,27)/t14-,15+,17+,18-,19+,20+,22+,23-,24-/m1/s1. The van der Waals surface area contributed by atoms with E-state index in [4.69, 9.17) is 9.47 Å². The van der Waals surface area contributed by atoms with Gasteiger partial charge in [-0.15, -0.1) is 0 Å². The van der Waals surface area contributed by atoms with Crippen molar-refractivity contribution in [1.29, 1.82) is 0 Å². The predicted molar refractivity (Wildman–Crippen MR) is 109 cm³/mol. The fourth-order valence-electron chi connectivity index (χ4n) is 8.16. The smallest absolute Gasteiger partial charge is 0.309 e. The second-order valence-electron chi connectivity index (χ2n) is 10.9. The van der Waals surface area contributed by atoms with E-state index in [2.05, 4.69) is 6.92 Å². The van der Waals surface area contributed by atoms with E-state index < -0.39 is 17.0 Å². The summed E-state index contributed by atoms with van der Waals surface area (Å²) in [4.78, 5) is 36.4. The SMILES string of the molecule is COC(=O)[C@@H]1CC2=CC(=O)CC[C@]2(C)[C@H]2[C@@H]3O[C@@H]3[C@@]3(C)[C@@H](CC[C@@]3(O)CCC(=O)O)[C@@H]21. The zero-order valence-electron chi connectivity index (χ0n) is 18.4. The molecule has 0 bridgehead atoms. The van der Waals surface area contributed by atoms with Gasteiger partial charge in [-0.25, -0.2) is 0 Å². The summed E-state index contributed by atoms with van der Waals surface area (Å²) in [6, 6.07) is 0. The van der Waals surface area contributed by atoms with Crippen molar-refractivity contribution in [3.63, 3.8) is 0 Å². The molecule has 1 saturated heterocycles. The summed E-state index contributed by atoms with van der Waals surface area (Å²) < 4.78 is 11.5. The number of aliphatic hydroxyl groups is 1. The highest BCUT2D eigenvalue weighted by atomic mass is 16.6. The topological polar surface area (TPSA) is 113 Å². The molecule has 0 aromatic carbocycles. The molecule has 5 aliphatic rings. The zero-order chi connectivity index (χ0) is 22.3. The lowest BCUT2D eigenvalue weighted by Crippen LogP contribution is -2.61. The van der Waals surface area contributed by atoms with Crippen molar-refractivity contribution in [3.05, 3.63) is 11.6 Å². The molecule has 0 radical (unpaired) electrons. The van der Waals surface area contributed by atoms with Crippen LogP contribution in [0, 0.1) is 34.5 Å². The van der Waals surface area contributed by atoms with Crippen molar-refractivity contribution in [2.75, 3.05) is 7.11 Å². The van der Waals surface area contributed by atoms with Crippen LogP contribution in [0.5, 0.6) is 0 Å². The molecule has 170 valence electrons. The van der Waals surface area contributed by atoms with Crippen LogP contribution < -0.4 is 0 Å². The van der Waals surface area contributed by atoms with Gasteiger partial charge in [-0.3, -0.25) is 14.4 Å².